The highest BCUT2D eigenvalue weighted by Gasteiger charge is 2.13. The number of nitrogens with one attached hydrogen (secondary N) is 2. The number of hydrogen-bond acceptors (Lipinski definition) is 2. The molecule has 0 unspecified atom stereocenters. The van der Waals surface area contributed by atoms with Crippen molar-refractivity contribution in [1.29, 1.82) is 0 Å². The standard InChI is InChI=1S/C21H16BrClN2O2/c1-13-7-8-15(21(27)24-18-10-9-16(22)12-17(18)23)11-19(13)25-20(26)14-5-3-2-4-6-14/h2-12H,1H3,(H,24,27)(H,25,26). The molecule has 0 atom stereocenters. The first-order chi connectivity index (χ1) is 12.9. The van der Waals surface area contributed by atoms with E-state index < -0.39 is 0 Å². The normalized spacial score (nSPS) is 10.3. The number of carbonyl (C=O) groups is 2. The van der Waals surface area contributed by atoms with Gasteiger partial charge in [0.15, 0.2) is 0 Å². The van der Waals surface area contributed by atoms with Crippen LogP contribution in [0.4, 0.5) is 11.4 Å². The highest BCUT2D eigenvalue weighted by Crippen LogP contribution is 2.26. The fourth-order valence-electron chi connectivity index (χ4n) is 2.47. The first kappa shape index (κ1) is 19.1. The maximum Gasteiger partial charge on any atom is 0.255 e. The summed E-state index contributed by atoms with van der Waals surface area (Å²) in [7, 11) is 0. The van der Waals surface area contributed by atoms with Crippen LogP contribution in [-0.4, -0.2) is 11.8 Å². The molecule has 4 nitrogen and oxygen atoms in total. The predicted octanol–water partition coefficient (Wildman–Crippen LogP) is 5.92. The topological polar surface area (TPSA) is 58.2 Å². The van der Waals surface area contributed by atoms with Crippen molar-refractivity contribution >= 4 is 50.7 Å². The van der Waals surface area contributed by atoms with Crippen LogP contribution in [0, 0.1) is 6.92 Å². The van der Waals surface area contributed by atoms with Gasteiger partial charge in [-0.25, -0.2) is 0 Å². The third kappa shape index (κ3) is 4.76. The van der Waals surface area contributed by atoms with E-state index in [2.05, 4.69) is 26.6 Å². The Hall–Kier alpha value is -2.63. The van der Waals surface area contributed by atoms with Crippen LogP contribution >= 0.6 is 27.5 Å². The lowest BCUT2D eigenvalue weighted by molar-refractivity contribution is 0.101. The fourth-order valence-corrected chi connectivity index (χ4v) is 3.19. The van der Waals surface area contributed by atoms with E-state index in [9.17, 15) is 9.59 Å². The van der Waals surface area contributed by atoms with Gasteiger partial charge in [0.1, 0.15) is 0 Å². The Kier molecular flexibility index (Phi) is 5.94. The molecule has 6 heteroatoms. The number of benzene rings is 3. The minimum atomic E-state index is -0.311. The highest BCUT2D eigenvalue weighted by molar-refractivity contribution is 9.10. The molecular formula is C21H16BrClN2O2. The summed E-state index contributed by atoms with van der Waals surface area (Å²) in [4.78, 5) is 25.0. The quantitative estimate of drug-likeness (QED) is 0.526. The largest absolute Gasteiger partial charge is 0.322 e. The molecular weight excluding hydrogens is 428 g/mol. The molecule has 0 aromatic heterocycles. The van der Waals surface area contributed by atoms with Gasteiger partial charge in [0.25, 0.3) is 11.8 Å². The Morgan fingerprint density at radius 2 is 1.48 bits per heavy atom. The van der Waals surface area contributed by atoms with Gasteiger partial charge < -0.3 is 10.6 Å². The Labute approximate surface area is 170 Å². The Balaban J connectivity index is 1.80. The van der Waals surface area contributed by atoms with Gasteiger partial charge >= 0.3 is 0 Å². The van der Waals surface area contributed by atoms with E-state index in [1.807, 2.05) is 13.0 Å². The van der Waals surface area contributed by atoms with Gasteiger partial charge in [0, 0.05) is 21.3 Å². The van der Waals surface area contributed by atoms with Crippen LogP contribution in [0.25, 0.3) is 0 Å². The SMILES string of the molecule is Cc1ccc(C(=O)Nc2ccc(Br)cc2Cl)cc1NC(=O)c1ccccc1. The third-order valence-corrected chi connectivity index (χ3v) is 4.77. The zero-order chi connectivity index (χ0) is 19.4. The van der Waals surface area contributed by atoms with Crippen molar-refractivity contribution < 1.29 is 9.59 Å². The molecule has 0 aliphatic carbocycles. The Morgan fingerprint density at radius 1 is 0.815 bits per heavy atom. The van der Waals surface area contributed by atoms with E-state index in [0.29, 0.717) is 27.5 Å². The maximum atomic E-state index is 12.6. The average Bonchev–Trinajstić information content (AvgIpc) is 2.66. The first-order valence-electron chi connectivity index (χ1n) is 8.17. The number of amides is 2. The van der Waals surface area contributed by atoms with Crippen LogP contribution in [0.3, 0.4) is 0 Å². The van der Waals surface area contributed by atoms with Gasteiger partial charge in [0.05, 0.1) is 10.7 Å². The second-order valence-corrected chi connectivity index (χ2v) is 7.25. The van der Waals surface area contributed by atoms with Crippen LogP contribution in [0.1, 0.15) is 26.3 Å². The van der Waals surface area contributed by atoms with Crippen LogP contribution < -0.4 is 10.6 Å². The van der Waals surface area contributed by atoms with E-state index in [1.54, 1.807) is 60.7 Å². The van der Waals surface area contributed by atoms with Gasteiger partial charge in [-0.15, -0.1) is 0 Å². The summed E-state index contributed by atoms with van der Waals surface area (Å²) >= 11 is 9.48. The number of carbonyl (C=O) groups excluding carboxylic acids is 2. The second kappa shape index (κ2) is 8.37. The van der Waals surface area contributed by atoms with Crippen molar-refractivity contribution in [3.63, 3.8) is 0 Å². The summed E-state index contributed by atoms with van der Waals surface area (Å²) in [5.41, 5.74) is 2.92. The zero-order valence-electron chi connectivity index (χ0n) is 14.4. The van der Waals surface area contributed by atoms with Gasteiger partial charge in [-0.1, -0.05) is 51.8 Å². The molecule has 3 aromatic carbocycles. The molecule has 27 heavy (non-hydrogen) atoms. The summed E-state index contributed by atoms with van der Waals surface area (Å²) in [5.74, 6) is -0.540. The van der Waals surface area contributed by atoms with Crippen molar-refractivity contribution in [1.82, 2.24) is 0 Å². The van der Waals surface area contributed by atoms with E-state index in [0.717, 1.165) is 10.0 Å². The van der Waals surface area contributed by atoms with Crippen molar-refractivity contribution in [2.75, 3.05) is 10.6 Å². The van der Waals surface area contributed by atoms with Gasteiger partial charge in [-0.2, -0.15) is 0 Å². The minimum Gasteiger partial charge on any atom is -0.322 e. The lowest BCUT2D eigenvalue weighted by atomic mass is 10.1. The molecule has 0 fully saturated rings. The number of aryl methyl sites for hydroxylation is 1. The summed E-state index contributed by atoms with van der Waals surface area (Å²) in [5, 5.41) is 6.07. The summed E-state index contributed by atoms with van der Waals surface area (Å²) in [6, 6.07) is 19.3. The number of halogens is 2. The first-order valence-corrected chi connectivity index (χ1v) is 9.34. The molecule has 0 saturated heterocycles. The average molecular weight is 444 g/mol. The Bertz CT molecular complexity index is 1010. The monoisotopic (exact) mass is 442 g/mol. The molecule has 0 aliphatic rings. The summed E-state index contributed by atoms with van der Waals surface area (Å²) < 4.78 is 0.826. The van der Waals surface area contributed by atoms with E-state index in [4.69, 9.17) is 11.6 Å². The van der Waals surface area contributed by atoms with Crippen LogP contribution in [-0.2, 0) is 0 Å². The zero-order valence-corrected chi connectivity index (χ0v) is 16.8. The number of rotatable bonds is 4. The molecule has 3 aromatic rings. The van der Waals surface area contributed by atoms with E-state index in [-0.39, 0.29) is 11.8 Å². The van der Waals surface area contributed by atoms with E-state index in [1.165, 1.54) is 0 Å². The van der Waals surface area contributed by atoms with Crippen LogP contribution in [0.2, 0.25) is 5.02 Å². The lowest BCUT2D eigenvalue weighted by Gasteiger charge is -2.12. The fraction of sp³-hybridized carbons (Fsp3) is 0.0476. The lowest BCUT2D eigenvalue weighted by Crippen LogP contribution is -2.15. The maximum absolute atomic E-state index is 12.6. The summed E-state index contributed by atoms with van der Waals surface area (Å²) in [6.07, 6.45) is 0. The molecule has 3 rings (SSSR count). The number of hydrogen-bond donors (Lipinski definition) is 2. The predicted molar refractivity (Wildman–Crippen MR) is 113 cm³/mol. The van der Waals surface area contributed by atoms with Crippen LogP contribution in [0.5, 0.6) is 0 Å². The van der Waals surface area contributed by atoms with E-state index >= 15 is 0 Å². The van der Waals surface area contributed by atoms with Crippen molar-refractivity contribution in [2.45, 2.75) is 6.92 Å². The molecule has 0 bridgehead atoms. The molecule has 0 radical (unpaired) electrons. The molecule has 2 N–H and O–H groups in total. The van der Waals surface area contributed by atoms with Gasteiger partial charge in [-0.05, 0) is 55.0 Å². The summed E-state index contributed by atoms with van der Waals surface area (Å²) in [6.45, 7) is 1.87. The van der Waals surface area contributed by atoms with Crippen molar-refractivity contribution in [2.24, 2.45) is 0 Å². The molecule has 0 heterocycles. The molecule has 0 spiro atoms. The highest BCUT2D eigenvalue weighted by atomic mass is 79.9. The van der Waals surface area contributed by atoms with Gasteiger partial charge in [0.2, 0.25) is 0 Å². The molecule has 0 saturated carbocycles. The second-order valence-electron chi connectivity index (χ2n) is 5.93. The van der Waals surface area contributed by atoms with Gasteiger partial charge in [-0.3, -0.25) is 9.59 Å². The minimum absolute atomic E-state index is 0.229. The smallest absolute Gasteiger partial charge is 0.255 e. The molecule has 0 aliphatic heterocycles. The molecule has 2 amide bonds. The third-order valence-electron chi connectivity index (χ3n) is 3.96. The molecule has 136 valence electrons. The Morgan fingerprint density at radius 3 is 2.19 bits per heavy atom. The van der Waals surface area contributed by atoms with Crippen LogP contribution in [0.15, 0.2) is 71.2 Å². The van der Waals surface area contributed by atoms with Crippen molar-refractivity contribution in [3.8, 4) is 0 Å². The number of anilines is 2. The van der Waals surface area contributed by atoms with Crippen molar-refractivity contribution in [3.05, 3.63) is 92.9 Å².